The van der Waals surface area contributed by atoms with E-state index in [2.05, 4.69) is 16.3 Å². The van der Waals surface area contributed by atoms with Crippen LogP contribution in [0.25, 0.3) is 0 Å². The van der Waals surface area contributed by atoms with Gasteiger partial charge in [-0.15, -0.1) is 0 Å². The third-order valence-electron chi connectivity index (χ3n) is 5.70. The zero-order valence-electron chi connectivity index (χ0n) is 14.7. The molecule has 2 fully saturated rings. The molecule has 4 rings (SSSR count). The second-order valence-corrected chi connectivity index (χ2v) is 7.52. The Labute approximate surface area is 152 Å². The van der Waals surface area contributed by atoms with Gasteiger partial charge >= 0.3 is 0 Å². The van der Waals surface area contributed by atoms with Crippen LogP contribution in [-0.2, 0) is 22.7 Å². The van der Waals surface area contributed by atoms with E-state index < -0.39 is 6.04 Å². The summed E-state index contributed by atoms with van der Waals surface area (Å²) in [6.45, 7) is 4.01. The van der Waals surface area contributed by atoms with Gasteiger partial charge in [-0.25, -0.2) is 0 Å². The maximum Gasteiger partial charge on any atom is 0.255 e. The molecule has 0 radical (unpaired) electrons. The van der Waals surface area contributed by atoms with E-state index >= 15 is 0 Å². The molecule has 26 heavy (non-hydrogen) atoms. The molecule has 138 valence electrons. The molecule has 1 aromatic carbocycles. The molecule has 2 saturated heterocycles. The van der Waals surface area contributed by atoms with Crippen molar-refractivity contribution < 1.29 is 14.4 Å². The number of benzene rings is 1. The van der Waals surface area contributed by atoms with Crippen LogP contribution in [0.3, 0.4) is 0 Å². The smallest absolute Gasteiger partial charge is 0.255 e. The molecule has 3 heterocycles. The van der Waals surface area contributed by atoms with Crippen LogP contribution in [0, 0.1) is 5.92 Å². The number of carbonyl (C=O) groups is 3. The summed E-state index contributed by atoms with van der Waals surface area (Å²) in [6, 6.07) is 5.46. The number of fused-ring (bicyclic) bond motifs is 1. The SMILES string of the molecule is NCC1CCN(Cc2ccc3c(c2)C(=O)N(C2CCC(=O)NC2=O)C3)C1. The fraction of sp³-hybridized carbons (Fsp3) is 0.526. The van der Waals surface area contributed by atoms with Crippen LogP contribution in [0.1, 0.15) is 40.7 Å². The first-order valence-electron chi connectivity index (χ1n) is 9.24. The van der Waals surface area contributed by atoms with E-state index in [1.54, 1.807) is 4.90 Å². The zero-order valence-corrected chi connectivity index (χ0v) is 14.7. The van der Waals surface area contributed by atoms with E-state index in [1.807, 2.05) is 12.1 Å². The quantitative estimate of drug-likeness (QED) is 0.753. The van der Waals surface area contributed by atoms with Crippen molar-refractivity contribution in [1.82, 2.24) is 15.1 Å². The van der Waals surface area contributed by atoms with Crippen LogP contribution in [0.2, 0.25) is 0 Å². The van der Waals surface area contributed by atoms with Gasteiger partial charge in [-0.2, -0.15) is 0 Å². The van der Waals surface area contributed by atoms with Crippen molar-refractivity contribution in [2.24, 2.45) is 11.7 Å². The number of rotatable bonds is 4. The molecule has 0 bridgehead atoms. The predicted octanol–water partition coefficient (Wildman–Crippen LogP) is 0.228. The summed E-state index contributed by atoms with van der Waals surface area (Å²) in [6.07, 6.45) is 1.80. The van der Waals surface area contributed by atoms with E-state index in [0.717, 1.165) is 43.7 Å². The van der Waals surface area contributed by atoms with E-state index in [9.17, 15) is 14.4 Å². The molecule has 2 atom stereocenters. The van der Waals surface area contributed by atoms with Crippen molar-refractivity contribution in [3.05, 3.63) is 34.9 Å². The Morgan fingerprint density at radius 1 is 1.19 bits per heavy atom. The Morgan fingerprint density at radius 3 is 2.77 bits per heavy atom. The van der Waals surface area contributed by atoms with Crippen molar-refractivity contribution >= 4 is 17.7 Å². The fourth-order valence-corrected chi connectivity index (χ4v) is 4.21. The van der Waals surface area contributed by atoms with E-state index in [1.165, 1.54) is 0 Å². The lowest BCUT2D eigenvalue weighted by molar-refractivity contribution is -0.136. The highest BCUT2D eigenvalue weighted by Crippen LogP contribution is 2.29. The van der Waals surface area contributed by atoms with Gasteiger partial charge in [0, 0.05) is 31.6 Å². The number of nitrogens with one attached hydrogen (secondary N) is 1. The molecule has 2 unspecified atom stereocenters. The van der Waals surface area contributed by atoms with Crippen molar-refractivity contribution in [1.29, 1.82) is 0 Å². The second-order valence-electron chi connectivity index (χ2n) is 7.52. The summed E-state index contributed by atoms with van der Waals surface area (Å²) >= 11 is 0. The number of nitrogens with two attached hydrogens (primary N) is 1. The largest absolute Gasteiger partial charge is 0.330 e. The van der Waals surface area contributed by atoms with Gasteiger partial charge in [0.2, 0.25) is 11.8 Å². The van der Waals surface area contributed by atoms with Gasteiger partial charge < -0.3 is 10.6 Å². The van der Waals surface area contributed by atoms with E-state index in [4.69, 9.17) is 5.73 Å². The molecule has 1 aromatic rings. The van der Waals surface area contributed by atoms with Crippen molar-refractivity contribution in [3.63, 3.8) is 0 Å². The summed E-state index contributed by atoms with van der Waals surface area (Å²) < 4.78 is 0. The molecular formula is C19H24N4O3. The highest BCUT2D eigenvalue weighted by Gasteiger charge is 2.39. The minimum Gasteiger partial charge on any atom is -0.330 e. The lowest BCUT2D eigenvalue weighted by Crippen LogP contribution is -2.52. The molecule has 0 aliphatic carbocycles. The normalized spacial score (nSPS) is 26.3. The molecular weight excluding hydrogens is 332 g/mol. The average molecular weight is 356 g/mol. The third kappa shape index (κ3) is 3.12. The number of piperidine rings is 1. The second kappa shape index (κ2) is 6.81. The summed E-state index contributed by atoms with van der Waals surface area (Å²) in [7, 11) is 0. The summed E-state index contributed by atoms with van der Waals surface area (Å²) in [5, 5.41) is 2.33. The summed E-state index contributed by atoms with van der Waals surface area (Å²) in [5.74, 6) is -0.182. The Kier molecular flexibility index (Phi) is 4.50. The van der Waals surface area contributed by atoms with E-state index in [-0.39, 0.29) is 24.1 Å². The first-order chi connectivity index (χ1) is 12.5. The molecule has 3 aliphatic heterocycles. The Hall–Kier alpha value is -2.25. The van der Waals surface area contributed by atoms with Crippen LogP contribution < -0.4 is 11.1 Å². The summed E-state index contributed by atoms with van der Waals surface area (Å²) in [5.41, 5.74) is 8.50. The first-order valence-corrected chi connectivity index (χ1v) is 9.24. The molecule has 3 amide bonds. The number of hydrogen-bond acceptors (Lipinski definition) is 5. The molecule has 7 heteroatoms. The minimum absolute atomic E-state index is 0.113. The molecule has 0 aromatic heterocycles. The van der Waals surface area contributed by atoms with Gasteiger partial charge in [-0.3, -0.25) is 24.6 Å². The number of hydrogen-bond donors (Lipinski definition) is 2. The van der Waals surface area contributed by atoms with Crippen LogP contribution in [0.4, 0.5) is 0 Å². The molecule has 7 nitrogen and oxygen atoms in total. The van der Waals surface area contributed by atoms with Gasteiger partial charge in [0.15, 0.2) is 0 Å². The Balaban J connectivity index is 1.47. The molecule has 0 spiro atoms. The van der Waals surface area contributed by atoms with Crippen molar-refractivity contribution in [2.75, 3.05) is 19.6 Å². The molecule has 3 aliphatic rings. The lowest BCUT2D eigenvalue weighted by Gasteiger charge is -2.29. The topological polar surface area (TPSA) is 95.7 Å². The first kappa shape index (κ1) is 17.2. The predicted molar refractivity (Wildman–Crippen MR) is 94.9 cm³/mol. The number of likely N-dealkylation sites (tertiary alicyclic amines) is 1. The number of amides is 3. The van der Waals surface area contributed by atoms with Gasteiger partial charge in [-0.1, -0.05) is 12.1 Å². The number of nitrogens with zero attached hydrogens (tertiary/aromatic N) is 2. The van der Waals surface area contributed by atoms with Gasteiger partial charge in [0.05, 0.1) is 0 Å². The summed E-state index contributed by atoms with van der Waals surface area (Å²) in [4.78, 5) is 40.2. The van der Waals surface area contributed by atoms with E-state index in [0.29, 0.717) is 24.4 Å². The molecule has 0 saturated carbocycles. The average Bonchev–Trinajstić information content (AvgIpc) is 3.20. The standard InChI is InChI=1S/C19H24N4O3/c20-8-13-5-6-22(10-13)9-12-1-2-14-11-23(19(26)15(14)7-12)16-3-4-17(24)21-18(16)25/h1-2,7,13,16H,3-6,8-11,20H2,(H,21,24,25). The number of carbonyl (C=O) groups excluding carboxylic acids is 3. The van der Waals surface area contributed by atoms with Crippen LogP contribution in [0.15, 0.2) is 18.2 Å². The van der Waals surface area contributed by atoms with Gasteiger partial charge in [-0.05, 0) is 49.0 Å². The van der Waals surface area contributed by atoms with Crippen molar-refractivity contribution in [2.45, 2.75) is 38.4 Å². The zero-order chi connectivity index (χ0) is 18.3. The van der Waals surface area contributed by atoms with Crippen LogP contribution in [-0.4, -0.2) is 53.2 Å². The highest BCUT2D eigenvalue weighted by molar-refractivity contribution is 6.05. The Morgan fingerprint density at radius 2 is 2.04 bits per heavy atom. The minimum atomic E-state index is -0.556. The monoisotopic (exact) mass is 356 g/mol. The fourth-order valence-electron chi connectivity index (χ4n) is 4.21. The van der Waals surface area contributed by atoms with Crippen molar-refractivity contribution in [3.8, 4) is 0 Å². The lowest BCUT2D eigenvalue weighted by atomic mass is 10.0. The maximum absolute atomic E-state index is 12.8. The molecule has 3 N–H and O–H groups in total. The Bertz CT molecular complexity index is 763. The van der Waals surface area contributed by atoms with Crippen LogP contribution >= 0.6 is 0 Å². The number of imide groups is 1. The third-order valence-corrected chi connectivity index (χ3v) is 5.70. The maximum atomic E-state index is 12.8. The van der Waals surface area contributed by atoms with Gasteiger partial charge in [0.25, 0.3) is 5.91 Å². The highest BCUT2D eigenvalue weighted by atomic mass is 16.2. The van der Waals surface area contributed by atoms with Gasteiger partial charge in [0.1, 0.15) is 6.04 Å². The van der Waals surface area contributed by atoms with Crippen LogP contribution in [0.5, 0.6) is 0 Å².